The molecular weight excluding hydrogens is 301 g/mol. The third-order valence-electron chi connectivity index (χ3n) is 3.50. The van der Waals surface area contributed by atoms with E-state index >= 15 is 0 Å². The highest BCUT2D eigenvalue weighted by Gasteiger charge is 2.50. The number of amides is 4. The minimum absolute atomic E-state index is 0.0667. The van der Waals surface area contributed by atoms with Crippen molar-refractivity contribution in [3.63, 3.8) is 0 Å². The minimum Gasteiger partial charge on any atom is -0.350 e. The van der Waals surface area contributed by atoms with Gasteiger partial charge in [-0.25, -0.2) is 9.18 Å². The van der Waals surface area contributed by atoms with E-state index in [0.29, 0.717) is 0 Å². The van der Waals surface area contributed by atoms with E-state index in [-0.39, 0.29) is 5.56 Å². The lowest BCUT2D eigenvalue weighted by molar-refractivity contribution is -0.135. The van der Waals surface area contributed by atoms with E-state index in [1.54, 1.807) is 26.8 Å². The van der Waals surface area contributed by atoms with E-state index in [1.807, 2.05) is 0 Å². The van der Waals surface area contributed by atoms with Crippen LogP contribution in [0.3, 0.4) is 0 Å². The van der Waals surface area contributed by atoms with Crippen LogP contribution in [-0.4, -0.2) is 34.8 Å². The molecule has 2 N–H and O–H groups in total. The van der Waals surface area contributed by atoms with Gasteiger partial charge in [-0.15, -0.1) is 0 Å². The molecule has 124 valence electrons. The molecule has 23 heavy (non-hydrogen) atoms. The predicted octanol–water partition coefficient (Wildman–Crippen LogP) is 1.51. The van der Waals surface area contributed by atoms with Gasteiger partial charge in [0.1, 0.15) is 17.9 Å². The van der Waals surface area contributed by atoms with Crippen molar-refractivity contribution in [2.75, 3.05) is 6.54 Å². The Kier molecular flexibility index (Phi) is 4.15. The Morgan fingerprint density at radius 3 is 2.48 bits per heavy atom. The first-order valence-electron chi connectivity index (χ1n) is 7.25. The van der Waals surface area contributed by atoms with Crippen molar-refractivity contribution in [2.45, 2.75) is 38.8 Å². The summed E-state index contributed by atoms with van der Waals surface area (Å²) in [6.07, 6.45) is 0. The first-order valence-corrected chi connectivity index (χ1v) is 7.25. The Morgan fingerprint density at radius 1 is 1.30 bits per heavy atom. The zero-order valence-corrected chi connectivity index (χ0v) is 13.6. The lowest BCUT2D eigenvalue weighted by Crippen LogP contribution is -2.48. The van der Waals surface area contributed by atoms with Crippen LogP contribution in [0.4, 0.5) is 9.18 Å². The third-order valence-corrected chi connectivity index (χ3v) is 3.50. The number of nitrogens with one attached hydrogen (secondary N) is 2. The zero-order valence-electron chi connectivity index (χ0n) is 13.6. The Balaban J connectivity index is 2.24. The largest absolute Gasteiger partial charge is 0.350 e. The van der Waals surface area contributed by atoms with Gasteiger partial charge < -0.3 is 10.6 Å². The number of hydrogen-bond acceptors (Lipinski definition) is 3. The molecule has 1 aliphatic heterocycles. The minimum atomic E-state index is -1.52. The molecule has 1 saturated heterocycles. The van der Waals surface area contributed by atoms with Crippen molar-refractivity contribution in [2.24, 2.45) is 0 Å². The molecule has 1 aromatic carbocycles. The zero-order chi connectivity index (χ0) is 17.4. The van der Waals surface area contributed by atoms with Crippen molar-refractivity contribution >= 4 is 17.8 Å². The molecule has 4 amide bonds. The molecule has 1 aromatic rings. The maximum Gasteiger partial charge on any atom is 0.325 e. The number of imide groups is 1. The van der Waals surface area contributed by atoms with E-state index in [4.69, 9.17) is 0 Å². The molecule has 0 spiro atoms. The molecule has 0 bridgehead atoms. The van der Waals surface area contributed by atoms with E-state index in [1.165, 1.54) is 25.1 Å². The third kappa shape index (κ3) is 3.33. The molecule has 0 aliphatic carbocycles. The molecule has 7 heteroatoms. The Morgan fingerprint density at radius 2 is 1.91 bits per heavy atom. The molecule has 0 saturated carbocycles. The highest BCUT2D eigenvalue weighted by atomic mass is 19.1. The summed E-state index contributed by atoms with van der Waals surface area (Å²) in [4.78, 5) is 37.4. The number of benzene rings is 1. The summed E-state index contributed by atoms with van der Waals surface area (Å²) in [5.41, 5.74) is -1.94. The first-order chi connectivity index (χ1) is 10.5. The average molecular weight is 321 g/mol. The van der Waals surface area contributed by atoms with Gasteiger partial charge in [0.25, 0.3) is 5.91 Å². The summed E-state index contributed by atoms with van der Waals surface area (Å²) in [6, 6.07) is 5.02. The fourth-order valence-corrected chi connectivity index (χ4v) is 2.49. The van der Waals surface area contributed by atoms with Crippen molar-refractivity contribution in [3.8, 4) is 0 Å². The van der Waals surface area contributed by atoms with Crippen LogP contribution in [0, 0.1) is 5.82 Å². The van der Waals surface area contributed by atoms with E-state index in [9.17, 15) is 18.8 Å². The topological polar surface area (TPSA) is 78.5 Å². The summed E-state index contributed by atoms with van der Waals surface area (Å²) in [6.45, 7) is 6.39. The van der Waals surface area contributed by atoms with Gasteiger partial charge in [-0.1, -0.05) is 18.2 Å². The quantitative estimate of drug-likeness (QED) is 0.828. The van der Waals surface area contributed by atoms with E-state index in [2.05, 4.69) is 10.6 Å². The molecule has 1 heterocycles. The van der Waals surface area contributed by atoms with Gasteiger partial charge in [0, 0.05) is 11.1 Å². The summed E-state index contributed by atoms with van der Waals surface area (Å²) >= 11 is 0. The highest BCUT2D eigenvalue weighted by Crippen LogP contribution is 2.30. The van der Waals surface area contributed by atoms with Gasteiger partial charge in [0.05, 0.1) is 0 Å². The molecule has 1 unspecified atom stereocenters. The predicted molar refractivity (Wildman–Crippen MR) is 81.9 cm³/mol. The second-order valence-corrected chi connectivity index (χ2v) is 6.72. The molecule has 1 atom stereocenters. The lowest BCUT2D eigenvalue weighted by atomic mass is 9.91. The van der Waals surface area contributed by atoms with Gasteiger partial charge >= 0.3 is 6.03 Å². The van der Waals surface area contributed by atoms with Crippen LogP contribution in [0.25, 0.3) is 0 Å². The van der Waals surface area contributed by atoms with Crippen LogP contribution in [0.2, 0.25) is 0 Å². The fraction of sp³-hybridized carbons (Fsp3) is 0.438. The second kappa shape index (κ2) is 5.64. The van der Waals surface area contributed by atoms with Gasteiger partial charge in [-0.2, -0.15) is 0 Å². The number of hydrogen-bond donors (Lipinski definition) is 2. The molecule has 2 rings (SSSR count). The maximum absolute atomic E-state index is 14.0. The van der Waals surface area contributed by atoms with Crippen molar-refractivity contribution in [3.05, 3.63) is 35.6 Å². The number of urea groups is 1. The monoisotopic (exact) mass is 321 g/mol. The molecule has 1 fully saturated rings. The lowest BCUT2D eigenvalue weighted by Gasteiger charge is -2.24. The molecule has 0 aromatic heterocycles. The number of nitrogens with zero attached hydrogens (tertiary/aromatic N) is 1. The summed E-state index contributed by atoms with van der Waals surface area (Å²) in [5, 5.41) is 5.15. The van der Waals surface area contributed by atoms with Crippen molar-refractivity contribution in [1.82, 2.24) is 15.5 Å². The Hall–Kier alpha value is -2.44. The summed E-state index contributed by atoms with van der Waals surface area (Å²) in [5.74, 6) is -1.71. The Bertz CT molecular complexity index is 669. The van der Waals surface area contributed by atoms with Gasteiger partial charge in [-0.3, -0.25) is 14.5 Å². The molecular formula is C16H20FN3O3. The SMILES string of the molecule is CC(C)(C)NC(=O)CN1C(=O)NC(C)(c2ccccc2F)C1=O. The molecule has 1 aliphatic rings. The average Bonchev–Trinajstić information content (AvgIpc) is 2.61. The highest BCUT2D eigenvalue weighted by molar-refractivity contribution is 6.09. The standard InChI is InChI=1S/C16H20FN3O3/c1-15(2,3)18-12(21)9-20-13(22)16(4,19-14(20)23)10-7-5-6-8-11(10)17/h5-8H,9H2,1-4H3,(H,18,21)(H,19,23). The maximum atomic E-state index is 14.0. The van der Waals surface area contributed by atoms with Crippen molar-refractivity contribution < 1.29 is 18.8 Å². The number of carbonyl (C=O) groups excluding carboxylic acids is 3. The molecule has 6 nitrogen and oxygen atoms in total. The number of halogens is 1. The van der Waals surface area contributed by atoms with Crippen molar-refractivity contribution in [1.29, 1.82) is 0 Å². The van der Waals surface area contributed by atoms with Crippen LogP contribution < -0.4 is 10.6 Å². The van der Waals surface area contributed by atoms with Crippen LogP contribution in [0.15, 0.2) is 24.3 Å². The second-order valence-electron chi connectivity index (χ2n) is 6.72. The van der Waals surface area contributed by atoms with Crippen LogP contribution in [-0.2, 0) is 15.1 Å². The summed E-state index contributed by atoms with van der Waals surface area (Å²) in [7, 11) is 0. The number of rotatable bonds is 3. The molecule has 0 radical (unpaired) electrons. The fourth-order valence-electron chi connectivity index (χ4n) is 2.49. The number of carbonyl (C=O) groups is 3. The van der Waals surface area contributed by atoms with Gasteiger partial charge in [0.15, 0.2) is 0 Å². The van der Waals surface area contributed by atoms with Crippen LogP contribution in [0.5, 0.6) is 0 Å². The van der Waals surface area contributed by atoms with E-state index in [0.717, 1.165) is 4.90 Å². The normalized spacial score (nSPS) is 21.3. The van der Waals surface area contributed by atoms with Gasteiger partial charge in [0.2, 0.25) is 5.91 Å². The Labute approximate surface area is 134 Å². The van der Waals surface area contributed by atoms with Crippen LogP contribution in [0.1, 0.15) is 33.3 Å². The van der Waals surface area contributed by atoms with E-state index < -0.39 is 41.3 Å². The smallest absolute Gasteiger partial charge is 0.325 e. The first kappa shape index (κ1) is 16.9. The van der Waals surface area contributed by atoms with Crippen LogP contribution >= 0.6 is 0 Å². The van der Waals surface area contributed by atoms with Gasteiger partial charge in [-0.05, 0) is 33.8 Å². The summed E-state index contributed by atoms with van der Waals surface area (Å²) < 4.78 is 14.0.